The maximum atomic E-state index is 6.10. The van der Waals surface area contributed by atoms with Gasteiger partial charge < -0.3 is 5.73 Å². The van der Waals surface area contributed by atoms with E-state index in [-0.39, 0.29) is 5.54 Å². The summed E-state index contributed by atoms with van der Waals surface area (Å²) in [5, 5.41) is 0. The highest BCUT2D eigenvalue weighted by molar-refractivity contribution is 5.16. The molecule has 2 atom stereocenters. The smallest absolute Gasteiger partial charge is 0.0329 e. The van der Waals surface area contributed by atoms with Gasteiger partial charge in [0.15, 0.2) is 0 Å². The number of nitrogens with two attached hydrogens (primary N) is 1. The fraction of sp³-hybridized carbons (Fsp3) is 1.00. The van der Waals surface area contributed by atoms with Gasteiger partial charge in [0.2, 0.25) is 0 Å². The van der Waals surface area contributed by atoms with Gasteiger partial charge >= 0.3 is 0 Å². The van der Waals surface area contributed by atoms with Crippen LogP contribution in [0.25, 0.3) is 0 Å². The van der Waals surface area contributed by atoms with Crippen LogP contribution in [-0.4, -0.2) is 29.1 Å². The molecule has 64 valence electrons. The van der Waals surface area contributed by atoms with E-state index < -0.39 is 0 Å². The highest BCUT2D eigenvalue weighted by Gasteiger charge is 2.58. The summed E-state index contributed by atoms with van der Waals surface area (Å²) >= 11 is 0. The van der Waals surface area contributed by atoms with Crippen LogP contribution < -0.4 is 5.73 Å². The molecular formula is C9H18N2. The van der Waals surface area contributed by atoms with Crippen LogP contribution in [0.5, 0.6) is 0 Å². The Bertz CT molecular complexity index is 182. The SMILES string of the molecule is CC(C)(C)N1C[C@@H]2C[C@]2(N)C1. The second-order valence-corrected chi connectivity index (χ2v) is 5.19. The van der Waals surface area contributed by atoms with Crippen LogP contribution in [0.3, 0.4) is 0 Å². The number of rotatable bonds is 0. The second kappa shape index (κ2) is 1.80. The number of hydrogen-bond acceptors (Lipinski definition) is 2. The average molecular weight is 154 g/mol. The lowest BCUT2D eigenvalue weighted by molar-refractivity contribution is 0.153. The number of fused-ring (bicyclic) bond motifs is 1. The first-order valence-electron chi connectivity index (χ1n) is 4.46. The molecule has 0 amide bonds. The lowest BCUT2D eigenvalue weighted by atomic mass is 10.1. The zero-order valence-corrected chi connectivity index (χ0v) is 7.72. The molecule has 0 bridgehead atoms. The van der Waals surface area contributed by atoms with Crippen molar-refractivity contribution < 1.29 is 0 Å². The first kappa shape index (κ1) is 7.56. The monoisotopic (exact) mass is 154 g/mol. The van der Waals surface area contributed by atoms with Crippen molar-refractivity contribution in [2.24, 2.45) is 11.7 Å². The van der Waals surface area contributed by atoms with E-state index in [1.54, 1.807) is 0 Å². The highest BCUT2D eigenvalue weighted by atomic mass is 15.3. The predicted octanol–water partition coefficient (Wildman–Crippen LogP) is 0.818. The van der Waals surface area contributed by atoms with Crippen LogP contribution >= 0.6 is 0 Å². The third-order valence-electron chi connectivity index (χ3n) is 3.15. The molecule has 0 aromatic carbocycles. The van der Waals surface area contributed by atoms with Crippen molar-refractivity contribution in [2.75, 3.05) is 13.1 Å². The van der Waals surface area contributed by atoms with Crippen molar-refractivity contribution in [1.82, 2.24) is 4.90 Å². The van der Waals surface area contributed by atoms with E-state index >= 15 is 0 Å². The molecule has 2 aliphatic rings. The fourth-order valence-corrected chi connectivity index (χ4v) is 2.04. The number of nitrogens with zero attached hydrogens (tertiary/aromatic N) is 1. The van der Waals surface area contributed by atoms with E-state index in [0.29, 0.717) is 5.54 Å². The summed E-state index contributed by atoms with van der Waals surface area (Å²) in [6, 6.07) is 0. The Morgan fingerprint density at radius 2 is 2.09 bits per heavy atom. The normalized spacial score (nSPS) is 44.2. The van der Waals surface area contributed by atoms with E-state index in [9.17, 15) is 0 Å². The largest absolute Gasteiger partial charge is 0.324 e. The quantitative estimate of drug-likeness (QED) is 0.559. The first-order chi connectivity index (χ1) is 4.92. The van der Waals surface area contributed by atoms with Gasteiger partial charge in [-0.25, -0.2) is 0 Å². The van der Waals surface area contributed by atoms with Crippen LogP contribution in [0, 0.1) is 5.92 Å². The zero-order chi connectivity index (χ0) is 8.28. The van der Waals surface area contributed by atoms with Crippen molar-refractivity contribution in [2.45, 2.75) is 38.3 Å². The Hall–Kier alpha value is -0.0800. The summed E-state index contributed by atoms with van der Waals surface area (Å²) in [7, 11) is 0. The van der Waals surface area contributed by atoms with Crippen LogP contribution in [-0.2, 0) is 0 Å². The number of likely N-dealkylation sites (tertiary alicyclic amines) is 1. The summed E-state index contributed by atoms with van der Waals surface area (Å²) in [4.78, 5) is 2.50. The molecule has 1 saturated heterocycles. The Morgan fingerprint density at radius 1 is 1.45 bits per heavy atom. The van der Waals surface area contributed by atoms with Crippen LogP contribution in [0.4, 0.5) is 0 Å². The molecule has 2 nitrogen and oxygen atoms in total. The third-order valence-corrected chi connectivity index (χ3v) is 3.15. The van der Waals surface area contributed by atoms with Gasteiger partial charge in [0.25, 0.3) is 0 Å². The van der Waals surface area contributed by atoms with Crippen molar-refractivity contribution in [3.8, 4) is 0 Å². The fourth-order valence-electron chi connectivity index (χ4n) is 2.04. The van der Waals surface area contributed by atoms with Crippen molar-refractivity contribution >= 4 is 0 Å². The minimum Gasteiger partial charge on any atom is -0.324 e. The minimum atomic E-state index is 0.216. The predicted molar refractivity (Wildman–Crippen MR) is 46.4 cm³/mol. The van der Waals surface area contributed by atoms with E-state index in [2.05, 4.69) is 25.7 Å². The van der Waals surface area contributed by atoms with Gasteiger partial charge in [0.1, 0.15) is 0 Å². The molecule has 1 heterocycles. The van der Waals surface area contributed by atoms with Crippen LogP contribution in [0.15, 0.2) is 0 Å². The van der Waals surface area contributed by atoms with Gasteiger partial charge in [-0.05, 0) is 33.1 Å². The van der Waals surface area contributed by atoms with Gasteiger partial charge in [-0.2, -0.15) is 0 Å². The highest BCUT2D eigenvalue weighted by Crippen LogP contribution is 2.48. The van der Waals surface area contributed by atoms with Crippen LogP contribution in [0.2, 0.25) is 0 Å². The Labute approximate surface area is 68.7 Å². The third kappa shape index (κ3) is 1.09. The van der Waals surface area contributed by atoms with Gasteiger partial charge in [0, 0.05) is 24.2 Å². The topological polar surface area (TPSA) is 29.3 Å². The maximum Gasteiger partial charge on any atom is 0.0329 e. The summed E-state index contributed by atoms with van der Waals surface area (Å²) < 4.78 is 0. The molecule has 2 rings (SSSR count). The summed E-state index contributed by atoms with van der Waals surface area (Å²) in [6.07, 6.45) is 1.26. The second-order valence-electron chi connectivity index (χ2n) is 5.19. The average Bonchev–Trinajstić information content (AvgIpc) is 2.30. The molecular weight excluding hydrogens is 136 g/mol. The number of hydrogen-bond donors (Lipinski definition) is 1. The van der Waals surface area contributed by atoms with Gasteiger partial charge in [-0.3, -0.25) is 4.90 Å². The summed E-state index contributed by atoms with van der Waals surface area (Å²) in [5.41, 5.74) is 6.63. The lowest BCUT2D eigenvalue weighted by Gasteiger charge is -2.33. The van der Waals surface area contributed by atoms with Gasteiger partial charge in [-0.1, -0.05) is 0 Å². The molecule has 2 fully saturated rings. The number of piperidine rings is 1. The molecule has 2 N–H and O–H groups in total. The zero-order valence-electron chi connectivity index (χ0n) is 7.72. The van der Waals surface area contributed by atoms with E-state index in [1.165, 1.54) is 13.0 Å². The molecule has 2 heteroatoms. The molecule has 0 radical (unpaired) electrons. The lowest BCUT2D eigenvalue weighted by Crippen LogP contribution is -2.44. The first-order valence-corrected chi connectivity index (χ1v) is 4.46. The molecule has 0 aromatic rings. The van der Waals surface area contributed by atoms with E-state index in [1.807, 2.05) is 0 Å². The van der Waals surface area contributed by atoms with Gasteiger partial charge in [-0.15, -0.1) is 0 Å². The molecule has 0 unspecified atom stereocenters. The standard InChI is InChI=1S/C9H18N2/c1-8(2,3)11-5-7-4-9(7,10)6-11/h7H,4-6,10H2,1-3H3/t7-,9-/m0/s1. The van der Waals surface area contributed by atoms with Crippen molar-refractivity contribution in [3.05, 3.63) is 0 Å². The summed E-state index contributed by atoms with van der Waals surface area (Å²) in [5.74, 6) is 0.807. The Balaban J connectivity index is 2.03. The Kier molecular flexibility index (Phi) is 1.24. The molecule has 0 spiro atoms. The molecule has 1 saturated carbocycles. The van der Waals surface area contributed by atoms with Crippen molar-refractivity contribution in [1.29, 1.82) is 0 Å². The van der Waals surface area contributed by atoms with Gasteiger partial charge in [0.05, 0.1) is 0 Å². The summed E-state index contributed by atoms with van der Waals surface area (Å²) in [6.45, 7) is 9.13. The molecule has 1 aliphatic carbocycles. The molecule has 11 heavy (non-hydrogen) atoms. The minimum absolute atomic E-state index is 0.216. The maximum absolute atomic E-state index is 6.10. The molecule has 0 aromatic heterocycles. The van der Waals surface area contributed by atoms with E-state index in [0.717, 1.165) is 12.5 Å². The van der Waals surface area contributed by atoms with Crippen LogP contribution in [0.1, 0.15) is 27.2 Å². The molecule has 1 aliphatic heterocycles. The van der Waals surface area contributed by atoms with Crippen molar-refractivity contribution in [3.63, 3.8) is 0 Å². The van der Waals surface area contributed by atoms with E-state index in [4.69, 9.17) is 5.73 Å². The Morgan fingerprint density at radius 3 is 2.36 bits per heavy atom.